The Morgan fingerprint density at radius 1 is 1.50 bits per heavy atom. The number of hydrogen-bond donors (Lipinski definition) is 1. The van der Waals surface area contributed by atoms with Crippen molar-refractivity contribution in [1.82, 2.24) is 4.90 Å². The first-order chi connectivity index (χ1) is 8.41. The molecule has 0 amide bonds. The molecular formula is C13H15F2NO2. The zero-order valence-corrected chi connectivity index (χ0v) is 10.2. The van der Waals surface area contributed by atoms with Crippen LogP contribution in [0.1, 0.15) is 12.5 Å². The number of likely N-dealkylation sites (N-methyl/N-ethyl adjacent to an activating group) is 1. The summed E-state index contributed by atoms with van der Waals surface area (Å²) < 4.78 is 25.9. The largest absolute Gasteiger partial charge is 0.480 e. The Morgan fingerprint density at radius 3 is 2.72 bits per heavy atom. The van der Waals surface area contributed by atoms with Gasteiger partial charge in [0.15, 0.2) is 0 Å². The van der Waals surface area contributed by atoms with Gasteiger partial charge < -0.3 is 5.11 Å². The van der Waals surface area contributed by atoms with Gasteiger partial charge in [0.25, 0.3) is 0 Å². The number of carboxylic acid groups (broad SMARTS) is 1. The molecule has 5 heteroatoms. The zero-order chi connectivity index (χ0) is 13.7. The van der Waals surface area contributed by atoms with Crippen molar-refractivity contribution in [2.45, 2.75) is 13.0 Å². The number of hydrogen-bond acceptors (Lipinski definition) is 2. The van der Waals surface area contributed by atoms with Crippen LogP contribution in [-0.2, 0) is 4.79 Å². The summed E-state index contributed by atoms with van der Waals surface area (Å²) in [6, 6.07) is 2.70. The molecule has 98 valence electrons. The average molecular weight is 255 g/mol. The van der Waals surface area contributed by atoms with Crippen LogP contribution in [0.15, 0.2) is 24.3 Å². The van der Waals surface area contributed by atoms with E-state index in [0.29, 0.717) is 6.54 Å². The predicted octanol–water partition coefficient (Wildman–Crippen LogP) is 2.38. The maximum absolute atomic E-state index is 13.3. The van der Waals surface area contributed by atoms with Gasteiger partial charge >= 0.3 is 5.97 Å². The van der Waals surface area contributed by atoms with E-state index in [1.54, 1.807) is 24.9 Å². The molecule has 18 heavy (non-hydrogen) atoms. The van der Waals surface area contributed by atoms with Gasteiger partial charge in [-0.1, -0.05) is 12.2 Å². The second-order valence-corrected chi connectivity index (χ2v) is 4.02. The normalized spacial score (nSPS) is 13.2. The van der Waals surface area contributed by atoms with Crippen LogP contribution in [0.4, 0.5) is 8.78 Å². The number of halogens is 2. The lowest BCUT2D eigenvalue weighted by Crippen LogP contribution is -2.35. The highest BCUT2D eigenvalue weighted by Gasteiger charge is 2.14. The van der Waals surface area contributed by atoms with E-state index in [0.717, 1.165) is 6.07 Å². The van der Waals surface area contributed by atoms with Gasteiger partial charge in [0.2, 0.25) is 0 Å². The van der Waals surface area contributed by atoms with Crippen molar-refractivity contribution in [3.05, 3.63) is 41.5 Å². The maximum atomic E-state index is 13.3. The number of rotatable bonds is 5. The summed E-state index contributed by atoms with van der Waals surface area (Å²) in [5.41, 5.74) is 0.271. The summed E-state index contributed by atoms with van der Waals surface area (Å²) in [5, 5.41) is 8.78. The van der Waals surface area contributed by atoms with Crippen LogP contribution in [0.25, 0.3) is 6.08 Å². The summed E-state index contributed by atoms with van der Waals surface area (Å²) >= 11 is 0. The van der Waals surface area contributed by atoms with Crippen molar-refractivity contribution in [3.8, 4) is 0 Å². The molecule has 0 aromatic heterocycles. The molecule has 0 heterocycles. The first kappa shape index (κ1) is 14.3. The van der Waals surface area contributed by atoms with Gasteiger partial charge in [-0.15, -0.1) is 0 Å². The third-order valence-corrected chi connectivity index (χ3v) is 2.67. The summed E-state index contributed by atoms with van der Waals surface area (Å²) in [7, 11) is 1.66. The fourth-order valence-corrected chi connectivity index (χ4v) is 1.33. The van der Waals surface area contributed by atoms with E-state index >= 15 is 0 Å². The van der Waals surface area contributed by atoms with E-state index in [1.807, 2.05) is 0 Å². The number of carbonyl (C=O) groups is 1. The minimum Gasteiger partial charge on any atom is -0.480 e. The van der Waals surface area contributed by atoms with Crippen molar-refractivity contribution in [3.63, 3.8) is 0 Å². The minimum absolute atomic E-state index is 0.271. The second kappa shape index (κ2) is 6.26. The summed E-state index contributed by atoms with van der Waals surface area (Å²) in [6.45, 7) is 1.93. The monoisotopic (exact) mass is 255 g/mol. The molecule has 3 nitrogen and oxygen atoms in total. The highest BCUT2D eigenvalue weighted by atomic mass is 19.1. The lowest BCUT2D eigenvalue weighted by molar-refractivity contribution is -0.141. The van der Waals surface area contributed by atoms with Gasteiger partial charge in [0.05, 0.1) is 0 Å². The topological polar surface area (TPSA) is 40.5 Å². The molecule has 0 aliphatic heterocycles. The van der Waals surface area contributed by atoms with Crippen LogP contribution < -0.4 is 0 Å². The molecule has 1 aromatic rings. The quantitative estimate of drug-likeness (QED) is 0.878. The van der Waals surface area contributed by atoms with Gasteiger partial charge in [0, 0.05) is 18.2 Å². The van der Waals surface area contributed by atoms with Gasteiger partial charge in [0.1, 0.15) is 17.7 Å². The molecule has 1 rings (SSSR count). The van der Waals surface area contributed by atoms with Crippen molar-refractivity contribution in [1.29, 1.82) is 0 Å². The van der Waals surface area contributed by atoms with Crippen LogP contribution in [0, 0.1) is 11.6 Å². The predicted molar refractivity (Wildman–Crippen MR) is 65.1 cm³/mol. The molecule has 0 saturated carbocycles. The van der Waals surface area contributed by atoms with Crippen molar-refractivity contribution < 1.29 is 18.7 Å². The third-order valence-electron chi connectivity index (χ3n) is 2.67. The summed E-state index contributed by atoms with van der Waals surface area (Å²) in [4.78, 5) is 12.3. The van der Waals surface area contributed by atoms with E-state index < -0.39 is 23.6 Å². The highest BCUT2D eigenvalue weighted by Crippen LogP contribution is 2.11. The molecule has 0 spiro atoms. The standard InChI is InChI=1S/C13H15F2NO2/c1-9(13(17)18)16(2)7-3-4-10-5-6-11(14)8-12(10)15/h3-6,8-9H,7H2,1-2H3,(H,17,18)/b4-3+. The Kier molecular flexibility index (Phi) is 4.97. The number of aliphatic carboxylic acids is 1. The number of carboxylic acids is 1. The molecule has 1 N–H and O–H groups in total. The highest BCUT2D eigenvalue weighted by molar-refractivity contribution is 5.72. The van der Waals surface area contributed by atoms with E-state index in [4.69, 9.17) is 5.11 Å². The SMILES string of the molecule is CC(C(=O)O)N(C)C/C=C/c1ccc(F)cc1F. The van der Waals surface area contributed by atoms with Crippen LogP contribution in [0.5, 0.6) is 0 Å². The first-order valence-electron chi connectivity index (χ1n) is 5.46. The lowest BCUT2D eigenvalue weighted by Gasteiger charge is -2.18. The lowest BCUT2D eigenvalue weighted by atomic mass is 10.2. The number of nitrogens with zero attached hydrogens (tertiary/aromatic N) is 1. The Labute approximate surface area is 104 Å². The van der Waals surface area contributed by atoms with Gasteiger partial charge in [-0.3, -0.25) is 9.69 Å². The van der Waals surface area contributed by atoms with Crippen LogP contribution in [0.2, 0.25) is 0 Å². The third kappa shape index (κ3) is 3.92. The second-order valence-electron chi connectivity index (χ2n) is 4.02. The van der Waals surface area contributed by atoms with Crippen molar-refractivity contribution in [2.75, 3.05) is 13.6 Å². The first-order valence-corrected chi connectivity index (χ1v) is 5.46. The van der Waals surface area contributed by atoms with Crippen LogP contribution in [0.3, 0.4) is 0 Å². The molecular weight excluding hydrogens is 240 g/mol. The molecule has 1 aromatic carbocycles. The van der Waals surface area contributed by atoms with Gasteiger partial charge in [-0.25, -0.2) is 8.78 Å². The van der Waals surface area contributed by atoms with Gasteiger partial charge in [-0.2, -0.15) is 0 Å². The molecule has 0 saturated heterocycles. The fraction of sp³-hybridized carbons (Fsp3) is 0.308. The zero-order valence-electron chi connectivity index (χ0n) is 10.2. The Balaban J connectivity index is 2.62. The Hall–Kier alpha value is -1.75. The maximum Gasteiger partial charge on any atom is 0.320 e. The molecule has 0 aliphatic rings. The van der Waals surface area contributed by atoms with Crippen molar-refractivity contribution >= 4 is 12.0 Å². The molecule has 0 bridgehead atoms. The Morgan fingerprint density at radius 2 is 2.17 bits per heavy atom. The Bertz CT molecular complexity index is 460. The minimum atomic E-state index is -0.918. The van der Waals surface area contributed by atoms with E-state index in [-0.39, 0.29) is 5.56 Å². The molecule has 0 aliphatic carbocycles. The number of benzene rings is 1. The van der Waals surface area contributed by atoms with E-state index in [1.165, 1.54) is 18.2 Å². The van der Waals surface area contributed by atoms with Crippen LogP contribution >= 0.6 is 0 Å². The molecule has 0 radical (unpaired) electrons. The van der Waals surface area contributed by atoms with Gasteiger partial charge in [-0.05, 0) is 26.1 Å². The average Bonchev–Trinajstić information content (AvgIpc) is 2.30. The molecule has 1 atom stereocenters. The van der Waals surface area contributed by atoms with Crippen LogP contribution in [-0.4, -0.2) is 35.6 Å². The molecule has 1 unspecified atom stereocenters. The summed E-state index contributed by atoms with van der Waals surface area (Å²) in [6.07, 6.45) is 3.13. The fourth-order valence-electron chi connectivity index (χ4n) is 1.33. The van der Waals surface area contributed by atoms with E-state index in [2.05, 4.69) is 0 Å². The van der Waals surface area contributed by atoms with E-state index in [9.17, 15) is 13.6 Å². The molecule has 0 fully saturated rings. The smallest absolute Gasteiger partial charge is 0.320 e. The van der Waals surface area contributed by atoms with Crippen molar-refractivity contribution in [2.24, 2.45) is 0 Å². The summed E-state index contributed by atoms with van der Waals surface area (Å²) in [5.74, 6) is -2.18.